The van der Waals surface area contributed by atoms with Crippen LogP contribution >= 0.6 is 0 Å². The van der Waals surface area contributed by atoms with E-state index < -0.39 is 14.9 Å². The summed E-state index contributed by atoms with van der Waals surface area (Å²) in [5.74, 6) is 0.307. The minimum Gasteiger partial charge on any atom is -0.356 e. The molecule has 0 spiro atoms. The van der Waals surface area contributed by atoms with E-state index in [1.807, 2.05) is 0 Å². The maximum Gasteiger partial charge on any atom is 0.271 e. The van der Waals surface area contributed by atoms with Gasteiger partial charge in [0, 0.05) is 18.7 Å². The van der Waals surface area contributed by atoms with Gasteiger partial charge in [-0.15, -0.1) is 0 Å². The SMILES string of the molecule is NS(=O)(=O)CCCNc1nc2ccc([N+](=O)[O-])cc2[nH]1. The van der Waals surface area contributed by atoms with Crippen molar-refractivity contribution in [3.05, 3.63) is 28.3 Å². The van der Waals surface area contributed by atoms with E-state index in [0.717, 1.165) is 0 Å². The van der Waals surface area contributed by atoms with Crippen molar-refractivity contribution in [1.29, 1.82) is 0 Å². The molecule has 0 amide bonds. The van der Waals surface area contributed by atoms with Crippen LogP contribution in [-0.4, -0.2) is 35.6 Å². The number of nitro benzene ring substituents is 1. The second-order valence-electron chi connectivity index (χ2n) is 4.19. The molecule has 108 valence electrons. The molecular weight excluding hydrogens is 286 g/mol. The molecule has 0 aliphatic heterocycles. The average molecular weight is 299 g/mol. The zero-order chi connectivity index (χ0) is 14.8. The van der Waals surface area contributed by atoms with E-state index in [1.54, 1.807) is 6.07 Å². The fourth-order valence-corrected chi connectivity index (χ4v) is 2.22. The number of non-ortho nitro benzene ring substituents is 1. The Hall–Kier alpha value is -2.20. The first kappa shape index (κ1) is 14.2. The number of H-pyrrole nitrogens is 1. The summed E-state index contributed by atoms with van der Waals surface area (Å²) in [5.41, 5.74) is 1.10. The molecule has 1 aromatic carbocycles. The lowest BCUT2D eigenvalue weighted by atomic mass is 10.3. The van der Waals surface area contributed by atoms with Crippen LogP contribution in [0.5, 0.6) is 0 Å². The number of nitrogens with one attached hydrogen (secondary N) is 2. The van der Waals surface area contributed by atoms with E-state index in [4.69, 9.17) is 5.14 Å². The number of aromatic amines is 1. The van der Waals surface area contributed by atoms with Gasteiger partial charge in [0.15, 0.2) is 0 Å². The lowest BCUT2D eigenvalue weighted by Gasteiger charge is -2.01. The number of hydrogen-bond acceptors (Lipinski definition) is 6. The molecule has 0 saturated heterocycles. The van der Waals surface area contributed by atoms with Crippen LogP contribution in [0.25, 0.3) is 11.0 Å². The molecule has 0 unspecified atom stereocenters. The second-order valence-corrected chi connectivity index (χ2v) is 5.93. The molecular formula is C10H13N5O4S. The van der Waals surface area contributed by atoms with Gasteiger partial charge in [-0.1, -0.05) is 0 Å². The summed E-state index contributed by atoms with van der Waals surface area (Å²) in [7, 11) is -3.46. The van der Waals surface area contributed by atoms with E-state index in [-0.39, 0.29) is 11.4 Å². The molecule has 0 aliphatic rings. The predicted molar refractivity (Wildman–Crippen MR) is 73.8 cm³/mol. The van der Waals surface area contributed by atoms with Crippen LogP contribution in [0, 0.1) is 10.1 Å². The summed E-state index contributed by atoms with van der Waals surface area (Å²) in [4.78, 5) is 17.2. The number of hydrogen-bond donors (Lipinski definition) is 3. The number of primary sulfonamides is 1. The Balaban J connectivity index is 2.03. The number of nitro groups is 1. The van der Waals surface area contributed by atoms with Crippen molar-refractivity contribution in [3.8, 4) is 0 Å². The summed E-state index contributed by atoms with van der Waals surface area (Å²) in [6.45, 7) is 0.373. The molecule has 4 N–H and O–H groups in total. The lowest BCUT2D eigenvalue weighted by Crippen LogP contribution is -2.18. The van der Waals surface area contributed by atoms with Crippen molar-refractivity contribution >= 4 is 32.7 Å². The molecule has 10 heteroatoms. The first-order valence-electron chi connectivity index (χ1n) is 5.74. The van der Waals surface area contributed by atoms with Gasteiger partial charge in [0.1, 0.15) is 0 Å². The number of sulfonamides is 1. The summed E-state index contributed by atoms with van der Waals surface area (Å²) in [5, 5.41) is 18.4. The summed E-state index contributed by atoms with van der Waals surface area (Å²) < 4.78 is 21.5. The molecule has 0 saturated carbocycles. The standard InChI is InChI=1S/C10H13N5O4S/c11-20(18,19)5-1-4-12-10-13-8-3-2-7(15(16)17)6-9(8)14-10/h2-3,6H,1,4-5H2,(H2,11,18,19)(H2,12,13,14). The first-order valence-corrected chi connectivity index (χ1v) is 7.45. The number of imidazole rings is 1. The maximum absolute atomic E-state index is 10.7. The quantitative estimate of drug-likeness (QED) is 0.404. The second kappa shape index (κ2) is 5.43. The molecule has 1 aromatic heterocycles. The van der Waals surface area contributed by atoms with Crippen molar-refractivity contribution in [2.24, 2.45) is 5.14 Å². The smallest absolute Gasteiger partial charge is 0.271 e. The molecule has 9 nitrogen and oxygen atoms in total. The predicted octanol–water partition coefficient (Wildman–Crippen LogP) is 0.562. The van der Waals surface area contributed by atoms with Crippen molar-refractivity contribution in [3.63, 3.8) is 0 Å². The highest BCUT2D eigenvalue weighted by atomic mass is 32.2. The zero-order valence-corrected chi connectivity index (χ0v) is 11.2. The number of nitrogens with two attached hydrogens (primary N) is 1. The lowest BCUT2D eigenvalue weighted by molar-refractivity contribution is -0.384. The first-order chi connectivity index (χ1) is 9.35. The average Bonchev–Trinajstić information content (AvgIpc) is 2.75. The van der Waals surface area contributed by atoms with Crippen LogP contribution in [0.15, 0.2) is 18.2 Å². The van der Waals surface area contributed by atoms with Gasteiger partial charge in [0.05, 0.1) is 21.7 Å². The Morgan fingerprint density at radius 3 is 2.85 bits per heavy atom. The highest BCUT2D eigenvalue weighted by Crippen LogP contribution is 2.20. The van der Waals surface area contributed by atoms with Crippen LogP contribution in [0.4, 0.5) is 11.6 Å². The monoisotopic (exact) mass is 299 g/mol. The van der Waals surface area contributed by atoms with Crippen molar-refractivity contribution in [2.45, 2.75) is 6.42 Å². The van der Waals surface area contributed by atoms with Gasteiger partial charge in [-0.3, -0.25) is 10.1 Å². The molecule has 0 fully saturated rings. The van der Waals surface area contributed by atoms with E-state index in [9.17, 15) is 18.5 Å². The molecule has 0 atom stereocenters. The Morgan fingerprint density at radius 2 is 2.20 bits per heavy atom. The van der Waals surface area contributed by atoms with Crippen molar-refractivity contribution in [2.75, 3.05) is 17.6 Å². The van der Waals surface area contributed by atoms with Crippen LogP contribution in [0.2, 0.25) is 0 Å². The number of rotatable bonds is 6. The fourth-order valence-electron chi connectivity index (χ4n) is 1.68. The topological polar surface area (TPSA) is 144 Å². The Bertz CT molecular complexity index is 739. The number of anilines is 1. The molecule has 20 heavy (non-hydrogen) atoms. The largest absolute Gasteiger partial charge is 0.356 e. The van der Waals surface area contributed by atoms with Crippen molar-refractivity contribution < 1.29 is 13.3 Å². The number of aromatic nitrogens is 2. The van der Waals surface area contributed by atoms with E-state index in [0.29, 0.717) is 29.9 Å². The highest BCUT2D eigenvalue weighted by molar-refractivity contribution is 7.89. The Kier molecular flexibility index (Phi) is 3.86. The third-order valence-corrected chi connectivity index (χ3v) is 3.43. The van der Waals surface area contributed by atoms with Gasteiger partial charge >= 0.3 is 0 Å². The summed E-state index contributed by atoms with van der Waals surface area (Å²) in [6.07, 6.45) is 0.343. The van der Waals surface area contributed by atoms with Gasteiger partial charge in [-0.05, 0) is 12.5 Å². The minimum absolute atomic E-state index is 0.0260. The fraction of sp³-hybridized carbons (Fsp3) is 0.300. The van der Waals surface area contributed by atoms with Gasteiger partial charge < -0.3 is 10.3 Å². The van der Waals surface area contributed by atoms with Gasteiger partial charge in [-0.25, -0.2) is 18.5 Å². The van der Waals surface area contributed by atoms with Gasteiger partial charge in [0.2, 0.25) is 16.0 Å². The molecule has 0 radical (unpaired) electrons. The molecule has 1 heterocycles. The van der Waals surface area contributed by atoms with Crippen molar-refractivity contribution in [1.82, 2.24) is 9.97 Å². The molecule has 2 rings (SSSR count). The normalized spacial score (nSPS) is 11.7. The van der Waals surface area contributed by atoms with Crippen LogP contribution in [-0.2, 0) is 10.0 Å². The van der Waals surface area contributed by atoms with E-state index in [2.05, 4.69) is 15.3 Å². The zero-order valence-electron chi connectivity index (χ0n) is 10.4. The number of benzene rings is 1. The molecule has 2 aromatic rings. The Labute approximate surface area is 114 Å². The summed E-state index contributed by atoms with van der Waals surface area (Å²) >= 11 is 0. The number of fused-ring (bicyclic) bond motifs is 1. The highest BCUT2D eigenvalue weighted by Gasteiger charge is 2.09. The summed E-state index contributed by atoms with van der Waals surface area (Å²) in [6, 6.07) is 4.30. The maximum atomic E-state index is 10.7. The van der Waals surface area contributed by atoms with Gasteiger partial charge in [-0.2, -0.15) is 0 Å². The minimum atomic E-state index is -3.46. The van der Waals surface area contributed by atoms with Crippen LogP contribution in [0.3, 0.4) is 0 Å². The number of nitrogens with zero attached hydrogens (tertiary/aromatic N) is 2. The Morgan fingerprint density at radius 1 is 1.45 bits per heavy atom. The van der Waals surface area contributed by atoms with E-state index in [1.165, 1.54) is 12.1 Å². The van der Waals surface area contributed by atoms with Crippen LogP contribution in [0.1, 0.15) is 6.42 Å². The third kappa shape index (κ3) is 3.65. The third-order valence-electron chi connectivity index (χ3n) is 2.57. The van der Waals surface area contributed by atoms with Gasteiger partial charge in [0.25, 0.3) is 5.69 Å². The molecule has 0 bridgehead atoms. The van der Waals surface area contributed by atoms with E-state index >= 15 is 0 Å². The van der Waals surface area contributed by atoms with Crippen LogP contribution < -0.4 is 10.5 Å². The molecule has 0 aliphatic carbocycles.